The Hall–Kier alpha value is -1.53. The van der Waals surface area contributed by atoms with Gasteiger partial charge in [-0.25, -0.2) is 8.42 Å². The summed E-state index contributed by atoms with van der Waals surface area (Å²) >= 11 is 1.54. The third-order valence-electron chi connectivity index (χ3n) is 5.45. The summed E-state index contributed by atoms with van der Waals surface area (Å²) in [5.41, 5.74) is 3.94. The molecule has 0 bridgehead atoms. The fraction of sp³-hybridized carbons (Fsp3) is 0.500. The molecule has 1 aliphatic heterocycles. The summed E-state index contributed by atoms with van der Waals surface area (Å²) in [5.74, 6) is 0.872. The number of benzene rings is 1. The standard InChI is InChI=1S/C22H29NO3S2/c1-15-12-20(16(2)23(15)18-10-11-28(25,26)14-18)21(24)13-27-19-8-6-17(7-9-19)22(3,4)5/h6-9,12,18H,10-11,13-14H2,1-5H3. The summed E-state index contributed by atoms with van der Waals surface area (Å²) in [4.78, 5) is 13.9. The number of carbonyl (C=O) groups is 1. The van der Waals surface area contributed by atoms with Gasteiger partial charge in [-0.05, 0) is 49.4 Å². The largest absolute Gasteiger partial charge is 0.344 e. The smallest absolute Gasteiger partial charge is 0.174 e. The molecule has 4 nitrogen and oxygen atoms in total. The van der Waals surface area contributed by atoms with E-state index in [1.807, 2.05) is 24.5 Å². The SMILES string of the molecule is Cc1cc(C(=O)CSc2ccc(C(C)(C)C)cc2)c(C)n1C1CCS(=O)(=O)C1. The Morgan fingerprint density at radius 1 is 1.18 bits per heavy atom. The Morgan fingerprint density at radius 3 is 2.36 bits per heavy atom. The van der Waals surface area contributed by atoms with Crippen molar-refractivity contribution in [2.24, 2.45) is 0 Å². The lowest BCUT2D eigenvalue weighted by atomic mass is 9.87. The predicted molar refractivity (Wildman–Crippen MR) is 116 cm³/mol. The summed E-state index contributed by atoms with van der Waals surface area (Å²) in [5, 5.41) is 0. The molecule has 28 heavy (non-hydrogen) atoms. The topological polar surface area (TPSA) is 56.1 Å². The second kappa shape index (κ2) is 7.71. The molecule has 2 aromatic rings. The van der Waals surface area contributed by atoms with Gasteiger partial charge in [-0.1, -0.05) is 32.9 Å². The second-order valence-electron chi connectivity index (χ2n) is 8.70. The maximum absolute atomic E-state index is 12.8. The van der Waals surface area contributed by atoms with E-state index in [0.717, 1.165) is 16.3 Å². The number of aromatic nitrogens is 1. The molecular formula is C22H29NO3S2. The van der Waals surface area contributed by atoms with Crippen LogP contribution in [0.3, 0.4) is 0 Å². The molecule has 1 atom stereocenters. The minimum absolute atomic E-state index is 0.0517. The van der Waals surface area contributed by atoms with Crippen molar-refractivity contribution in [1.82, 2.24) is 4.57 Å². The zero-order valence-electron chi connectivity index (χ0n) is 17.3. The molecule has 2 heterocycles. The van der Waals surface area contributed by atoms with Crippen molar-refractivity contribution < 1.29 is 13.2 Å². The van der Waals surface area contributed by atoms with Gasteiger partial charge in [0, 0.05) is 27.9 Å². The van der Waals surface area contributed by atoms with Gasteiger partial charge >= 0.3 is 0 Å². The summed E-state index contributed by atoms with van der Waals surface area (Å²) in [6.07, 6.45) is 0.626. The fourth-order valence-electron chi connectivity index (χ4n) is 3.88. The molecule has 1 aliphatic rings. The molecule has 0 radical (unpaired) electrons. The zero-order chi connectivity index (χ0) is 20.7. The molecule has 1 fully saturated rings. The van der Waals surface area contributed by atoms with E-state index in [9.17, 15) is 13.2 Å². The molecule has 0 aliphatic carbocycles. The van der Waals surface area contributed by atoms with Crippen LogP contribution in [-0.4, -0.2) is 36.0 Å². The number of hydrogen-bond acceptors (Lipinski definition) is 4. The van der Waals surface area contributed by atoms with Crippen molar-refractivity contribution in [2.75, 3.05) is 17.3 Å². The average Bonchev–Trinajstić information content (AvgIpc) is 3.10. The molecule has 1 aromatic carbocycles. The average molecular weight is 420 g/mol. The highest BCUT2D eigenvalue weighted by Crippen LogP contribution is 2.30. The molecule has 6 heteroatoms. The van der Waals surface area contributed by atoms with Crippen molar-refractivity contribution in [2.45, 2.75) is 57.4 Å². The maximum Gasteiger partial charge on any atom is 0.174 e. The van der Waals surface area contributed by atoms with Crippen LogP contribution in [0.4, 0.5) is 0 Å². The number of rotatable bonds is 5. The van der Waals surface area contributed by atoms with Gasteiger partial charge in [0.1, 0.15) is 0 Å². The van der Waals surface area contributed by atoms with E-state index < -0.39 is 9.84 Å². The number of nitrogens with zero attached hydrogens (tertiary/aromatic N) is 1. The Balaban J connectivity index is 1.71. The van der Waals surface area contributed by atoms with E-state index in [1.165, 1.54) is 5.56 Å². The van der Waals surface area contributed by atoms with E-state index in [1.54, 1.807) is 11.8 Å². The molecule has 0 saturated carbocycles. The van der Waals surface area contributed by atoms with Crippen molar-refractivity contribution in [3.05, 3.63) is 52.8 Å². The highest BCUT2D eigenvalue weighted by Gasteiger charge is 2.31. The molecule has 0 N–H and O–H groups in total. The van der Waals surface area contributed by atoms with E-state index in [4.69, 9.17) is 0 Å². The normalized spacial score (nSPS) is 19.1. The van der Waals surface area contributed by atoms with Crippen LogP contribution in [-0.2, 0) is 15.3 Å². The first-order valence-corrected chi connectivity index (χ1v) is 12.4. The summed E-state index contributed by atoms with van der Waals surface area (Å²) in [7, 11) is -2.96. The fourth-order valence-corrected chi connectivity index (χ4v) is 6.36. The third kappa shape index (κ3) is 4.54. The van der Waals surface area contributed by atoms with E-state index in [2.05, 4.69) is 45.0 Å². The second-order valence-corrected chi connectivity index (χ2v) is 12.0. The van der Waals surface area contributed by atoms with Crippen LogP contribution < -0.4 is 0 Å². The lowest BCUT2D eigenvalue weighted by molar-refractivity contribution is 0.102. The highest BCUT2D eigenvalue weighted by atomic mass is 32.2. The van der Waals surface area contributed by atoms with Gasteiger partial charge in [0.25, 0.3) is 0 Å². The Kier molecular flexibility index (Phi) is 5.84. The van der Waals surface area contributed by atoms with Crippen LogP contribution >= 0.6 is 11.8 Å². The Bertz CT molecular complexity index is 980. The first-order chi connectivity index (χ1) is 13.0. The van der Waals surface area contributed by atoms with E-state index in [0.29, 0.717) is 17.7 Å². The molecule has 3 rings (SSSR count). The number of thioether (sulfide) groups is 1. The van der Waals surface area contributed by atoms with Crippen LogP contribution in [0.2, 0.25) is 0 Å². The summed E-state index contributed by atoms with van der Waals surface area (Å²) < 4.78 is 25.7. The van der Waals surface area contributed by atoms with Crippen molar-refractivity contribution in [3.63, 3.8) is 0 Å². The highest BCUT2D eigenvalue weighted by molar-refractivity contribution is 8.00. The van der Waals surface area contributed by atoms with Gasteiger partial charge in [0.05, 0.1) is 17.3 Å². The summed E-state index contributed by atoms with van der Waals surface area (Å²) in [6.45, 7) is 10.4. The minimum atomic E-state index is -2.96. The van der Waals surface area contributed by atoms with Gasteiger partial charge in [0.15, 0.2) is 15.6 Å². The molecule has 0 spiro atoms. The Morgan fingerprint density at radius 2 is 1.82 bits per heavy atom. The predicted octanol–water partition coefficient (Wildman–Crippen LogP) is 4.74. The van der Waals surface area contributed by atoms with E-state index >= 15 is 0 Å². The molecule has 0 amide bonds. The number of carbonyl (C=O) groups excluding carboxylic acids is 1. The minimum Gasteiger partial charge on any atom is -0.344 e. The van der Waals surface area contributed by atoms with Crippen molar-refractivity contribution in [1.29, 1.82) is 0 Å². The monoisotopic (exact) mass is 419 g/mol. The van der Waals surface area contributed by atoms with Gasteiger partial charge in [0.2, 0.25) is 0 Å². The molecular weight excluding hydrogens is 390 g/mol. The van der Waals surface area contributed by atoms with Gasteiger partial charge in [-0.15, -0.1) is 11.8 Å². The molecule has 152 valence electrons. The van der Waals surface area contributed by atoms with E-state index in [-0.39, 0.29) is 28.7 Å². The first-order valence-electron chi connectivity index (χ1n) is 9.63. The quantitative estimate of drug-likeness (QED) is 0.519. The molecule has 1 unspecified atom stereocenters. The summed E-state index contributed by atoms with van der Waals surface area (Å²) in [6, 6.07) is 10.3. The number of aryl methyl sites for hydroxylation is 1. The lowest BCUT2D eigenvalue weighted by Crippen LogP contribution is -2.14. The van der Waals surface area contributed by atoms with Crippen LogP contribution in [0.15, 0.2) is 35.2 Å². The lowest BCUT2D eigenvalue weighted by Gasteiger charge is -2.19. The number of ketones is 1. The van der Waals surface area contributed by atoms with Gasteiger partial charge < -0.3 is 4.57 Å². The number of hydrogen-bond donors (Lipinski definition) is 0. The van der Waals surface area contributed by atoms with Crippen LogP contribution in [0.5, 0.6) is 0 Å². The maximum atomic E-state index is 12.8. The van der Waals surface area contributed by atoms with Crippen LogP contribution in [0.1, 0.15) is 60.5 Å². The van der Waals surface area contributed by atoms with Gasteiger partial charge in [-0.3, -0.25) is 4.79 Å². The number of Topliss-reactive ketones (excluding diaryl/α,β-unsaturated/α-hetero) is 1. The first kappa shape index (κ1) is 21.2. The zero-order valence-corrected chi connectivity index (χ0v) is 18.9. The van der Waals surface area contributed by atoms with Crippen molar-refractivity contribution in [3.8, 4) is 0 Å². The van der Waals surface area contributed by atoms with Crippen LogP contribution in [0, 0.1) is 13.8 Å². The van der Waals surface area contributed by atoms with Gasteiger partial charge in [-0.2, -0.15) is 0 Å². The number of sulfone groups is 1. The van der Waals surface area contributed by atoms with Crippen LogP contribution in [0.25, 0.3) is 0 Å². The van der Waals surface area contributed by atoms with Crippen molar-refractivity contribution >= 4 is 27.4 Å². The molecule has 1 aromatic heterocycles. The Labute approximate surface area is 172 Å². The molecule has 1 saturated heterocycles. The third-order valence-corrected chi connectivity index (χ3v) is 8.21.